The number of hydrogen-bond donors (Lipinski definition) is 1. The lowest BCUT2D eigenvalue weighted by Gasteiger charge is -2.15. The molecular formula is C20H19N5O5S. The first-order valence-electron chi connectivity index (χ1n) is 9.27. The summed E-state index contributed by atoms with van der Waals surface area (Å²) in [6.45, 7) is 2.37. The molecule has 10 nitrogen and oxygen atoms in total. The Morgan fingerprint density at radius 2 is 2.00 bits per heavy atom. The number of para-hydroxylation sites is 1. The summed E-state index contributed by atoms with van der Waals surface area (Å²) in [4.78, 5) is 36.7. The van der Waals surface area contributed by atoms with Crippen LogP contribution in [0.25, 0.3) is 0 Å². The molecule has 1 aliphatic rings. The molecule has 1 saturated heterocycles. The summed E-state index contributed by atoms with van der Waals surface area (Å²) in [5.41, 5.74) is 6.43. The smallest absolute Gasteiger partial charge is 0.278 e. The van der Waals surface area contributed by atoms with E-state index in [9.17, 15) is 19.7 Å². The molecule has 2 N–H and O–H groups in total. The van der Waals surface area contributed by atoms with E-state index in [0.717, 1.165) is 16.7 Å². The topological polar surface area (TPSA) is 140 Å². The van der Waals surface area contributed by atoms with Crippen molar-refractivity contribution in [2.24, 2.45) is 15.9 Å². The zero-order valence-electron chi connectivity index (χ0n) is 16.5. The van der Waals surface area contributed by atoms with Crippen LogP contribution in [0.4, 0.5) is 11.4 Å². The molecule has 1 unspecified atom stereocenters. The first-order valence-corrected chi connectivity index (χ1v) is 10.1. The van der Waals surface area contributed by atoms with Crippen LogP contribution in [0, 0.1) is 10.1 Å². The van der Waals surface area contributed by atoms with Crippen LogP contribution in [0.2, 0.25) is 0 Å². The summed E-state index contributed by atoms with van der Waals surface area (Å²) in [7, 11) is 0. The number of thioether (sulfide) groups is 1. The number of amidine groups is 1. The molecule has 1 aliphatic heterocycles. The Morgan fingerprint density at radius 1 is 1.29 bits per heavy atom. The first-order chi connectivity index (χ1) is 14.9. The van der Waals surface area contributed by atoms with E-state index in [2.05, 4.69) is 10.2 Å². The number of rotatable bonds is 7. The fourth-order valence-electron chi connectivity index (χ4n) is 2.91. The molecule has 0 aliphatic carbocycles. The van der Waals surface area contributed by atoms with Crippen LogP contribution in [-0.4, -0.2) is 40.0 Å². The molecule has 1 heterocycles. The van der Waals surface area contributed by atoms with E-state index in [1.54, 1.807) is 36.4 Å². The van der Waals surface area contributed by atoms with Crippen molar-refractivity contribution in [3.05, 3.63) is 64.2 Å². The second kappa shape index (κ2) is 9.85. The second-order valence-corrected chi connectivity index (χ2v) is 7.53. The summed E-state index contributed by atoms with van der Waals surface area (Å²) in [5, 5.41) is 17.8. The lowest BCUT2D eigenvalue weighted by molar-refractivity contribution is -0.385. The third-order valence-corrected chi connectivity index (χ3v) is 5.24. The van der Waals surface area contributed by atoms with Crippen molar-refractivity contribution < 1.29 is 19.2 Å². The van der Waals surface area contributed by atoms with Gasteiger partial charge in [0.1, 0.15) is 11.0 Å². The largest absolute Gasteiger partial charge is 0.494 e. The minimum absolute atomic E-state index is 0.0270. The van der Waals surface area contributed by atoms with Gasteiger partial charge in [-0.15, -0.1) is 5.10 Å². The number of nitrogens with two attached hydrogens (primary N) is 1. The van der Waals surface area contributed by atoms with Crippen molar-refractivity contribution in [2.75, 3.05) is 11.5 Å². The van der Waals surface area contributed by atoms with E-state index in [0.29, 0.717) is 18.0 Å². The van der Waals surface area contributed by atoms with Crippen molar-refractivity contribution >= 4 is 46.3 Å². The predicted molar refractivity (Wildman–Crippen MR) is 118 cm³/mol. The molecule has 0 bridgehead atoms. The lowest BCUT2D eigenvalue weighted by Crippen LogP contribution is -2.31. The maximum atomic E-state index is 12.7. The van der Waals surface area contributed by atoms with E-state index < -0.39 is 16.1 Å². The van der Waals surface area contributed by atoms with Crippen LogP contribution in [-0.2, 0) is 9.59 Å². The Bertz CT molecular complexity index is 1050. The van der Waals surface area contributed by atoms with Crippen molar-refractivity contribution in [2.45, 2.75) is 18.6 Å². The highest BCUT2D eigenvalue weighted by molar-refractivity contribution is 8.14. The number of anilines is 1. The summed E-state index contributed by atoms with van der Waals surface area (Å²) in [5.74, 6) is -0.105. The van der Waals surface area contributed by atoms with Gasteiger partial charge in [-0.2, -0.15) is 5.10 Å². The molecule has 0 spiro atoms. The standard InChI is InChI=1S/C20H19N5O5S/c1-2-30-15-9-7-14(8-10-15)24-18(26)11-17(19(24)27)31-20(21)23-22-12-13-5-3-4-6-16(13)25(28)29/h3-10,12,17H,2,11H2,1H3,(H2,21,23). The minimum Gasteiger partial charge on any atom is -0.494 e. The molecule has 0 saturated carbocycles. The molecule has 2 aromatic carbocycles. The lowest BCUT2D eigenvalue weighted by atomic mass is 10.2. The second-order valence-electron chi connectivity index (χ2n) is 6.30. The number of hydrogen-bond acceptors (Lipinski definition) is 8. The summed E-state index contributed by atoms with van der Waals surface area (Å²) in [6, 6.07) is 12.7. The van der Waals surface area contributed by atoms with Crippen LogP contribution < -0.4 is 15.4 Å². The molecular weight excluding hydrogens is 422 g/mol. The summed E-state index contributed by atoms with van der Waals surface area (Å²) >= 11 is 0.918. The van der Waals surface area contributed by atoms with E-state index >= 15 is 0 Å². The number of nitrogens with zero attached hydrogens (tertiary/aromatic N) is 4. The van der Waals surface area contributed by atoms with E-state index in [-0.39, 0.29) is 28.7 Å². The molecule has 2 amide bonds. The van der Waals surface area contributed by atoms with Gasteiger partial charge in [-0.3, -0.25) is 19.7 Å². The summed E-state index contributed by atoms with van der Waals surface area (Å²) < 4.78 is 5.37. The average Bonchev–Trinajstić information content (AvgIpc) is 3.02. The van der Waals surface area contributed by atoms with Gasteiger partial charge in [0.2, 0.25) is 11.8 Å². The number of benzene rings is 2. The highest BCUT2D eigenvalue weighted by Crippen LogP contribution is 2.30. The highest BCUT2D eigenvalue weighted by Gasteiger charge is 2.40. The molecule has 31 heavy (non-hydrogen) atoms. The molecule has 160 valence electrons. The highest BCUT2D eigenvalue weighted by atomic mass is 32.2. The van der Waals surface area contributed by atoms with Crippen molar-refractivity contribution in [3.8, 4) is 5.75 Å². The van der Waals surface area contributed by atoms with E-state index in [4.69, 9.17) is 10.5 Å². The first kappa shape index (κ1) is 22.0. The average molecular weight is 441 g/mol. The van der Waals surface area contributed by atoms with Crippen LogP contribution in [0.1, 0.15) is 18.9 Å². The van der Waals surface area contributed by atoms with Gasteiger partial charge in [0, 0.05) is 12.5 Å². The van der Waals surface area contributed by atoms with Crippen molar-refractivity contribution in [1.29, 1.82) is 0 Å². The van der Waals surface area contributed by atoms with E-state index in [1.807, 2.05) is 6.92 Å². The van der Waals surface area contributed by atoms with Gasteiger partial charge in [0.25, 0.3) is 5.69 Å². The Kier molecular flexibility index (Phi) is 6.98. The van der Waals surface area contributed by atoms with Gasteiger partial charge in [-0.1, -0.05) is 23.9 Å². The van der Waals surface area contributed by atoms with Gasteiger partial charge >= 0.3 is 0 Å². The van der Waals surface area contributed by atoms with Gasteiger partial charge in [-0.25, -0.2) is 4.90 Å². The fraction of sp³-hybridized carbons (Fsp3) is 0.200. The molecule has 0 radical (unpaired) electrons. The van der Waals surface area contributed by atoms with Crippen molar-refractivity contribution in [1.82, 2.24) is 0 Å². The molecule has 1 fully saturated rings. The molecule has 11 heteroatoms. The number of carbonyl (C=O) groups excluding carboxylic acids is 2. The van der Waals surface area contributed by atoms with Crippen LogP contribution >= 0.6 is 11.8 Å². The van der Waals surface area contributed by atoms with Crippen LogP contribution in [0.15, 0.2) is 58.7 Å². The SMILES string of the molecule is CCOc1ccc(N2C(=O)CC(SC(N)=NN=Cc3ccccc3[N+](=O)[O-])C2=O)cc1. The quantitative estimate of drug-likeness (QED) is 0.229. The van der Waals surface area contributed by atoms with E-state index in [1.165, 1.54) is 18.3 Å². The Labute approximate surface area is 181 Å². The third-order valence-electron chi connectivity index (χ3n) is 4.26. The monoisotopic (exact) mass is 441 g/mol. The van der Waals surface area contributed by atoms with Crippen LogP contribution in [0.3, 0.4) is 0 Å². The van der Waals surface area contributed by atoms with Crippen molar-refractivity contribution in [3.63, 3.8) is 0 Å². The fourth-order valence-corrected chi connectivity index (χ4v) is 3.72. The number of ether oxygens (including phenoxy) is 1. The normalized spacial score (nSPS) is 16.9. The molecule has 3 rings (SSSR count). The number of amides is 2. The zero-order valence-corrected chi connectivity index (χ0v) is 17.3. The Balaban J connectivity index is 1.67. The predicted octanol–water partition coefficient (Wildman–Crippen LogP) is 2.71. The maximum Gasteiger partial charge on any atom is 0.278 e. The Morgan fingerprint density at radius 3 is 2.68 bits per heavy atom. The summed E-state index contributed by atoms with van der Waals surface area (Å²) in [6.07, 6.45) is 1.18. The van der Waals surface area contributed by atoms with Gasteiger partial charge in [-0.05, 0) is 37.3 Å². The molecule has 1 atom stereocenters. The Hall–Kier alpha value is -3.73. The van der Waals surface area contributed by atoms with Gasteiger partial charge in [0.15, 0.2) is 5.17 Å². The van der Waals surface area contributed by atoms with Crippen LogP contribution in [0.5, 0.6) is 5.75 Å². The third kappa shape index (κ3) is 5.25. The minimum atomic E-state index is -0.732. The maximum absolute atomic E-state index is 12.7. The van der Waals surface area contributed by atoms with Gasteiger partial charge < -0.3 is 10.5 Å². The zero-order chi connectivity index (χ0) is 22.4. The molecule has 0 aromatic heterocycles. The number of nitro benzene ring substituents is 1. The van der Waals surface area contributed by atoms with Gasteiger partial charge in [0.05, 0.1) is 29.0 Å². The number of carbonyl (C=O) groups is 2. The number of nitro groups is 1. The molecule has 2 aromatic rings. The number of imide groups is 1.